The number of nitrogens with zero attached hydrogens (tertiary/aromatic N) is 3. The lowest BCUT2D eigenvalue weighted by atomic mass is 10.1. The highest BCUT2D eigenvalue weighted by molar-refractivity contribution is 5.91. The monoisotopic (exact) mass is 402 g/mol. The van der Waals surface area contributed by atoms with Crippen LogP contribution >= 0.6 is 0 Å². The lowest BCUT2D eigenvalue weighted by Gasteiger charge is -2.13. The van der Waals surface area contributed by atoms with E-state index in [9.17, 15) is 9.59 Å². The fourth-order valence-electron chi connectivity index (χ4n) is 3.41. The number of hydrogen-bond donors (Lipinski definition) is 1. The number of nitrogens with one attached hydrogen (secondary N) is 1. The Morgan fingerprint density at radius 3 is 2.63 bits per heavy atom. The molecule has 0 aliphatic carbocycles. The molecule has 30 heavy (non-hydrogen) atoms. The zero-order valence-corrected chi connectivity index (χ0v) is 16.8. The number of hydrogen-bond acceptors (Lipinski definition) is 4. The number of fused-ring (bicyclic) bond motifs is 1. The number of carbonyl (C=O) groups is 1. The SMILES string of the molecule is CCc1cccc(-n2c(=O)c3cccnc3n2CC(=O)Nc2ccc(OC)cc2)c1. The van der Waals surface area contributed by atoms with Crippen molar-refractivity contribution in [1.82, 2.24) is 14.3 Å². The number of pyridine rings is 1. The van der Waals surface area contributed by atoms with Crippen molar-refractivity contribution in [2.24, 2.45) is 0 Å². The summed E-state index contributed by atoms with van der Waals surface area (Å²) in [7, 11) is 1.59. The van der Waals surface area contributed by atoms with Gasteiger partial charge in [0.25, 0.3) is 5.56 Å². The van der Waals surface area contributed by atoms with Gasteiger partial charge in [-0.2, -0.15) is 0 Å². The van der Waals surface area contributed by atoms with Gasteiger partial charge in [-0.3, -0.25) is 14.3 Å². The van der Waals surface area contributed by atoms with E-state index in [1.165, 1.54) is 4.68 Å². The van der Waals surface area contributed by atoms with E-state index in [1.54, 1.807) is 54.4 Å². The fraction of sp³-hybridized carbons (Fsp3) is 0.174. The first-order valence-electron chi connectivity index (χ1n) is 9.70. The van der Waals surface area contributed by atoms with Crippen LogP contribution in [0, 0.1) is 0 Å². The molecule has 0 saturated carbocycles. The van der Waals surface area contributed by atoms with Gasteiger partial charge >= 0.3 is 0 Å². The van der Waals surface area contributed by atoms with Crippen molar-refractivity contribution in [3.8, 4) is 11.4 Å². The maximum atomic E-state index is 13.1. The molecule has 7 heteroatoms. The van der Waals surface area contributed by atoms with Crippen LogP contribution in [0.4, 0.5) is 5.69 Å². The van der Waals surface area contributed by atoms with Crippen LogP contribution in [0.2, 0.25) is 0 Å². The van der Waals surface area contributed by atoms with Crippen molar-refractivity contribution in [3.63, 3.8) is 0 Å². The summed E-state index contributed by atoms with van der Waals surface area (Å²) in [6, 6.07) is 18.3. The van der Waals surface area contributed by atoms with Gasteiger partial charge in [0.2, 0.25) is 5.91 Å². The molecule has 7 nitrogen and oxygen atoms in total. The molecule has 152 valence electrons. The van der Waals surface area contributed by atoms with E-state index in [2.05, 4.69) is 17.2 Å². The normalized spacial score (nSPS) is 10.9. The fourth-order valence-corrected chi connectivity index (χ4v) is 3.41. The minimum absolute atomic E-state index is 0.0574. The standard InChI is InChI=1S/C23H22N4O3/c1-3-16-6-4-7-18(14-16)27-23(29)20-8-5-13-24-22(20)26(27)15-21(28)25-17-9-11-19(30-2)12-10-17/h4-14H,3,15H2,1-2H3,(H,25,28). The Hall–Kier alpha value is -3.87. The number of ether oxygens (including phenoxy) is 1. The van der Waals surface area contributed by atoms with Gasteiger partial charge in [0.05, 0.1) is 18.2 Å². The minimum atomic E-state index is -0.261. The number of anilines is 1. The summed E-state index contributed by atoms with van der Waals surface area (Å²) in [6.45, 7) is 2.00. The van der Waals surface area contributed by atoms with E-state index in [1.807, 2.05) is 24.3 Å². The van der Waals surface area contributed by atoms with Crippen LogP contribution in [0.3, 0.4) is 0 Å². The molecule has 0 atom stereocenters. The largest absolute Gasteiger partial charge is 0.497 e. The van der Waals surface area contributed by atoms with Crippen molar-refractivity contribution in [1.29, 1.82) is 0 Å². The molecule has 2 aromatic heterocycles. The average molecular weight is 402 g/mol. The van der Waals surface area contributed by atoms with E-state index in [0.29, 0.717) is 28.2 Å². The summed E-state index contributed by atoms with van der Waals surface area (Å²) in [6.07, 6.45) is 2.46. The van der Waals surface area contributed by atoms with Crippen LogP contribution in [0.15, 0.2) is 71.7 Å². The van der Waals surface area contributed by atoms with Gasteiger partial charge in [0.15, 0.2) is 5.65 Å². The molecule has 0 fully saturated rings. The highest BCUT2D eigenvalue weighted by atomic mass is 16.5. The summed E-state index contributed by atoms with van der Waals surface area (Å²) in [4.78, 5) is 30.3. The highest BCUT2D eigenvalue weighted by Gasteiger charge is 2.18. The Balaban J connectivity index is 1.73. The second-order valence-corrected chi connectivity index (χ2v) is 6.85. The smallest absolute Gasteiger partial charge is 0.280 e. The van der Waals surface area contributed by atoms with Crippen molar-refractivity contribution in [3.05, 3.63) is 82.8 Å². The number of aryl methyl sites for hydroxylation is 1. The average Bonchev–Trinajstić information content (AvgIpc) is 3.06. The zero-order valence-electron chi connectivity index (χ0n) is 16.8. The van der Waals surface area contributed by atoms with Crippen LogP contribution < -0.4 is 15.6 Å². The van der Waals surface area contributed by atoms with Gasteiger partial charge in [0, 0.05) is 11.9 Å². The van der Waals surface area contributed by atoms with Gasteiger partial charge in [-0.15, -0.1) is 0 Å². The summed E-state index contributed by atoms with van der Waals surface area (Å²) < 4.78 is 8.28. The molecule has 0 bridgehead atoms. The van der Waals surface area contributed by atoms with Gasteiger partial charge in [-0.1, -0.05) is 19.1 Å². The van der Waals surface area contributed by atoms with Gasteiger partial charge in [0.1, 0.15) is 12.3 Å². The molecule has 4 aromatic rings. The van der Waals surface area contributed by atoms with Crippen molar-refractivity contribution in [2.75, 3.05) is 12.4 Å². The topological polar surface area (TPSA) is 78.2 Å². The van der Waals surface area contributed by atoms with Gasteiger partial charge in [-0.25, -0.2) is 9.67 Å². The zero-order chi connectivity index (χ0) is 21.1. The first-order chi connectivity index (χ1) is 14.6. The van der Waals surface area contributed by atoms with E-state index in [4.69, 9.17) is 4.74 Å². The lowest BCUT2D eigenvalue weighted by molar-refractivity contribution is -0.116. The summed E-state index contributed by atoms with van der Waals surface area (Å²) >= 11 is 0. The first kappa shape index (κ1) is 19.4. The number of benzene rings is 2. The van der Waals surface area contributed by atoms with Crippen LogP contribution in [0.5, 0.6) is 5.75 Å². The van der Waals surface area contributed by atoms with Gasteiger partial charge in [-0.05, 0) is 60.5 Å². The van der Waals surface area contributed by atoms with Crippen molar-refractivity contribution >= 4 is 22.6 Å². The van der Waals surface area contributed by atoms with E-state index >= 15 is 0 Å². The molecule has 0 aliphatic rings. The maximum absolute atomic E-state index is 13.1. The first-order valence-corrected chi connectivity index (χ1v) is 9.70. The van der Waals surface area contributed by atoms with E-state index < -0.39 is 0 Å². The van der Waals surface area contributed by atoms with Crippen molar-refractivity contribution < 1.29 is 9.53 Å². The van der Waals surface area contributed by atoms with E-state index in [-0.39, 0.29) is 18.0 Å². The minimum Gasteiger partial charge on any atom is -0.497 e. The van der Waals surface area contributed by atoms with Crippen LogP contribution in [0.25, 0.3) is 16.7 Å². The third-order valence-electron chi connectivity index (χ3n) is 4.93. The van der Waals surface area contributed by atoms with Crippen molar-refractivity contribution in [2.45, 2.75) is 19.9 Å². The summed E-state index contributed by atoms with van der Waals surface area (Å²) in [5.74, 6) is 0.446. The van der Waals surface area contributed by atoms with E-state index in [0.717, 1.165) is 12.0 Å². The molecule has 0 radical (unpaired) electrons. The number of rotatable bonds is 6. The number of methoxy groups -OCH3 is 1. The Morgan fingerprint density at radius 1 is 1.10 bits per heavy atom. The lowest BCUT2D eigenvalue weighted by Crippen LogP contribution is -2.27. The van der Waals surface area contributed by atoms with Crippen LogP contribution in [-0.2, 0) is 17.8 Å². The molecule has 0 unspecified atom stereocenters. The maximum Gasteiger partial charge on any atom is 0.280 e. The predicted octanol–water partition coefficient (Wildman–Crippen LogP) is 3.40. The molecule has 0 saturated heterocycles. The molecule has 1 amide bonds. The molecule has 2 heterocycles. The number of amides is 1. The molecular weight excluding hydrogens is 380 g/mol. The molecular formula is C23H22N4O3. The third kappa shape index (κ3) is 3.69. The molecule has 2 aromatic carbocycles. The van der Waals surface area contributed by atoms with Crippen LogP contribution in [-0.4, -0.2) is 27.4 Å². The summed E-state index contributed by atoms with van der Waals surface area (Å²) in [5.41, 5.74) is 2.71. The summed E-state index contributed by atoms with van der Waals surface area (Å²) in [5, 5.41) is 3.33. The van der Waals surface area contributed by atoms with Crippen LogP contribution in [0.1, 0.15) is 12.5 Å². The Morgan fingerprint density at radius 2 is 1.90 bits per heavy atom. The highest BCUT2D eigenvalue weighted by Crippen LogP contribution is 2.17. The Labute approximate surface area is 173 Å². The quantitative estimate of drug-likeness (QED) is 0.536. The molecule has 1 N–H and O–H groups in total. The third-order valence-corrected chi connectivity index (χ3v) is 4.93. The number of aromatic nitrogens is 3. The number of carbonyl (C=O) groups excluding carboxylic acids is 1. The second kappa shape index (κ2) is 8.24. The molecule has 0 spiro atoms. The molecule has 4 rings (SSSR count). The Kier molecular flexibility index (Phi) is 5.34. The molecule has 0 aliphatic heterocycles. The second-order valence-electron chi connectivity index (χ2n) is 6.85. The van der Waals surface area contributed by atoms with Gasteiger partial charge < -0.3 is 10.1 Å². The predicted molar refractivity (Wildman–Crippen MR) is 116 cm³/mol. The Bertz CT molecular complexity index is 1260.